The molecule has 0 amide bonds. The van der Waals surface area contributed by atoms with Gasteiger partial charge >= 0.3 is 0 Å². The van der Waals surface area contributed by atoms with E-state index in [4.69, 9.17) is 11.6 Å². The molecule has 6 heteroatoms. The number of nitrogens with one attached hydrogen (secondary N) is 1. The van der Waals surface area contributed by atoms with Crippen LogP contribution in [0.1, 0.15) is 4.88 Å². The number of thiophene rings is 1. The maximum Gasteiger partial charge on any atom is 0.0894 e. The van der Waals surface area contributed by atoms with E-state index in [0.29, 0.717) is 0 Å². The first kappa shape index (κ1) is 12.2. The SMILES string of the molecule is Clc1csc(CNc2ccccc2-n2ccnn2)c1. The fraction of sp³-hybridized carbons (Fsp3) is 0.0769. The Morgan fingerprint density at radius 1 is 1.32 bits per heavy atom. The Morgan fingerprint density at radius 3 is 2.95 bits per heavy atom. The summed E-state index contributed by atoms with van der Waals surface area (Å²) in [6.45, 7) is 0.739. The molecular weight excluding hydrogens is 280 g/mol. The molecule has 4 nitrogen and oxygen atoms in total. The summed E-state index contributed by atoms with van der Waals surface area (Å²) in [6.07, 6.45) is 3.48. The first-order chi connectivity index (χ1) is 9.33. The predicted octanol–water partition coefficient (Wildman–Crippen LogP) is 3.59. The van der Waals surface area contributed by atoms with E-state index in [2.05, 4.69) is 15.6 Å². The first-order valence-corrected chi connectivity index (χ1v) is 7.01. The molecule has 96 valence electrons. The third-order valence-corrected chi connectivity index (χ3v) is 3.93. The minimum absolute atomic E-state index is 0.739. The number of aromatic nitrogens is 3. The van der Waals surface area contributed by atoms with E-state index in [1.54, 1.807) is 22.2 Å². The normalized spacial score (nSPS) is 10.6. The fourth-order valence-corrected chi connectivity index (χ4v) is 2.80. The average Bonchev–Trinajstić information content (AvgIpc) is 3.08. The largest absolute Gasteiger partial charge is 0.378 e. The maximum atomic E-state index is 5.91. The molecule has 0 radical (unpaired) electrons. The lowest BCUT2D eigenvalue weighted by atomic mass is 10.2. The van der Waals surface area contributed by atoms with Gasteiger partial charge in [-0.05, 0) is 18.2 Å². The van der Waals surface area contributed by atoms with Crippen molar-refractivity contribution in [3.63, 3.8) is 0 Å². The average molecular weight is 291 g/mol. The number of halogens is 1. The molecule has 0 bridgehead atoms. The minimum Gasteiger partial charge on any atom is -0.378 e. The molecule has 3 aromatic rings. The summed E-state index contributed by atoms with van der Waals surface area (Å²) in [5.41, 5.74) is 1.99. The lowest BCUT2D eigenvalue weighted by Gasteiger charge is -2.10. The molecule has 0 saturated carbocycles. The van der Waals surface area contributed by atoms with Crippen LogP contribution in [0.25, 0.3) is 5.69 Å². The summed E-state index contributed by atoms with van der Waals surface area (Å²) in [5.74, 6) is 0. The second kappa shape index (κ2) is 5.42. The Bertz CT molecular complexity index is 663. The zero-order valence-corrected chi connectivity index (χ0v) is 11.5. The van der Waals surface area contributed by atoms with Gasteiger partial charge in [0, 0.05) is 16.8 Å². The quantitative estimate of drug-likeness (QED) is 0.798. The van der Waals surface area contributed by atoms with Gasteiger partial charge in [0.1, 0.15) is 0 Å². The van der Waals surface area contributed by atoms with Crippen LogP contribution >= 0.6 is 22.9 Å². The number of nitrogens with zero attached hydrogens (tertiary/aromatic N) is 3. The van der Waals surface area contributed by atoms with Crippen LogP contribution in [0, 0.1) is 0 Å². The second-order valence-corrected chi connectivity index (χ2v) is 5.38. The topological polar surface area (TPSA) is 42.7 Å². The second-order valence-electron chi connectivity index (χ2n) is 3.95. The van der Waals surface area contributed by atoms with E-state index in [1.165, 1.54) is 4.88 Å². The van der Waals surface area contributed by atoms with Gasteiger partial charge in [0.15, 0.2) is 0 Å². The molecule has 19 heavy (non-hydrogen) atoms. The monoisotopic (exact) mass is 290 g/mol. The molecule has 0 spiro atoms. The molecule has 0 fully saturated rings. The molecule has 0 atom stereocenters. The van der Waals surface area contributed by atoms with E-state index < -0.39 is 0 Å². The highest BCUT2D eigenvalue weighted by Gasteiger charge is 2.05. The molecule has 0 aliphatic rings. The number of hydrogen-bond acceptors (Lipinski definition) is 4. The Hall–Kier alpha value is -1.85. The van der Waals surface area contributed by atoms with Gasteiger partial charge in [-0.1, -0.05) is 28.9 Å². The molecule has 0 unspecified atom stereocenters. The van der Waals surface area contributed by atoms with E-state index in [-0.39, 0.29) is 0 Å². The summed E-state index contributed by atoms with van der Waals surface area (Å²) in [5, 5.41) is 14.0. The number of hydrogen-bond donors (Lipinski definition) is 1. The van der Waals surface area contributed by atoms with E-state index in [0.717, 1.165) is 22.9 Å². The van der Waals surface area contributed by atoms with Crippen LogP contribution < -0.4 is 5.32 Å². The highest BCUT2D eigenvalue weighted by molar-refractivity contribution is 7.10. The smallest absolute Gasteiger partial charge is 0.0894 e. The number of anilines is 1. The fourth-order valence-electron chi connectivity index (χ4n) is 1.79. The van der Waals surface area contributed by atoms with Gasteiger partial charge in [0.05, 0.1) is 28.8 Å². The van der Waals surface area contributed by atoms with Crippen molar-refractivity contribution in [2.24, 2.45) is 0 Å². The van der Waals surface area contributed by atoms with E-state index >= 15 is 0 Å². The van der Waals surface area contributed by atoms with Crippen LogP contribution in [0.2, 0.25) is 5.02 Å². The Labute approximate surface area is 119 Å². The van der Waals surface area contributed by atoms with Crippen LogP contribution in [0.4, 0.5) is 5.69 Å². The van der Waals surface area contributed by atoms with Gasteiger partial charge in [-0.25, -0.2) is 4.68 Å². The minimum atomic E-state index is 0.739. The lowest BCUT2D eigenvalue weighted by Crippen LogP contribution is -2.04. The van der Waals surface area contributed by atoms with Crippen molar-refractivity contribution in [1.29, 1.82) is 0 Å². The molecular formula is C13H11ClN4S. The Morgan fingerprint density at radius 2 is 2.21 bits per heavy atom. The van der Waals surface area contributed by atoms with Crippen molar-refractivity contribution in [2.45, 2.75) is 6.54 Å². The zero-order chi connectivity index (χ0) is 13.1. The summed E-state index contributed by atoms with van der Waals surface area (Å²) in [4.78, 5) is 1.19. The number of para-hydroxylation sites is 2. The van der Waals surface area contributed by atoms with Gasteiger partial charge in [-0.15, -0.1) is 16.4 Å². The van der Waals surface area contributed by atoms with Crippen molar-refractivity contribution in [2.75, 3.05) is 5.32 Å². The molecule has 0 aliphatic heterocycles. The van der Waals surface area contributed by atoms with Crippen LogP contribution in [0.5, 0.6) is 0 Å². The third kappa shape index (κ3) is 2.77. The number of benzene rings is 1. The Kier molecular flexibility index (Phi) is 3.48. The maximum absolute atomic E-state index is 5.91. The van der Waals surface area contributed by atoms with Crippen molar-refractivity contribution >= 4 is 28.6 Å². The molecule has 2 aromatic heterocycles. The van der Waals surface area contributed by atoms with Crippen molar-refractivity contribution in [3.8, 4) is 5.69 Å². The van der Waals surface area contributed by atoms with E-state index in [1.807, 2.05) is 41.9 Å². The van der Waals surface area contributed by atoms with Crippen molar-refractivity contribution < 1.29 is 0 Å². The van der Waals surface area contributed by atoms with Gasteiger partial charge in [0.2, 0.25) is 0 Å². The highest BCUT2D eigenvalue weighted by atomic mass is 35.5. The molecule has 0 saturated heterocycles. The molecule has 3 rings (SSSR count). The van der Waals surface area contributed by atoms with Gasteiger partial charge in [0.25, 0.3) is 0 Å². The summed E-state index contributed by atoms with van der Waals surface area (Å²) in [7, 11) is 0. The van der Waals surface area contributed by atoms with Gasteiger partial charge in [-0.3, -0.25) is 0 Å². The van der Waals surface area contributed by atoms with Crippen molar-refractivity contribution in [1.82, 2.24) is 15.0 Å². The Balaban J connectivity index is 1.81. The first-order valence-electron chi connectivity index (χ1n) is 5.75. The molecule has 1 N–H and O–H groups in total. The molecule has 2 heterocycles. The highest BCUT2D eigenvalue weighted by Crippen LogP contribution is 2.23. The van der Waals surface area contributed by atoms with Crippen LogP contribution in [0.15, 0.2) is 48.1 Å². The van der Waals surface area contributed by atoms with Gasteiger partial charge < -0.3 is 5.32 Å². The van der Waals surface area contributed by atoms with Crippen LogP contribution in [0.3, 0.4) is 0 Å². The molecule has 0 aliphatic carbocycles. The van der Waals surface area contributed by atoms with Crippen molar-refractivity contribution in [3.05, 3.63) is 58.0 Å². The summed E-state index contributed by atoms with van der Waals surface area (Å²) in [6, 6.07) is 9.95. The summed E-state index contributed by atoms with van der Waals surface area (Å²) < 4.78 is 1.74. The van der Waals surface area contributed by atoms with E-state index in [9.17, 15) is 0 Å². The lowest BCUT2D eigenvalue weighted by molar-refractivity contribution is 0.803. The predicted molar refractivity (Wildman–Crippen MR) is 78.0 cm³/mol. The van der Waals surface area contributed by atoms with Crippen LogP contribution in [-0.2, 0) is 6.54 Å². The van der Waals surface area contributed by atoms with Gasteiger partial charge in [-0.2, -0.15) is 0 Å². The summed E-state index contributed by atoms with van der Waals surface area (Å²) >= 11 is 7.56. The number of rotatable bonds is 4. The molecule has 1 aromatic carbocycles. The van der Waals surface area contributed by atoms with Crippen LogP contribution in [-0.4, -0.2) is 15.0 Å². The third-order valence-electron chi connectivity index (χ3n) is 2.65. The zero-order valence-electron chi connectivity index (χ0n) is 9.95. The standard InChI is InChI=1S/C13H11ClN4S/c14-10-7-11(19-9-10)8-15-12-3-1-2-4-13(12)18-6-5-16-17-18/h1-7,9,15H,8H2.